The van der Waals surface area contributed by atoms with Gasteiger partial charge in [-0.25, -0.2) is 9.18 Å². The number of hydrogen-bond donors (Lipinski definition) is 3. The van der Waals surface area contributed by atoms with Crippen molar-refractivity contribution in [3.8, 4) is 0 Å². The zero-order valence-electron chi connectivity index (χ0n) is 14.2. The molecule has 0 saturated carbocycles. The van der Waals surface area contributed by atoms with E-state index in [-0.39, 0.29) is 11.8 Å². The van der Waals surface area contributed by atoms with E-state index in [0.717, 1.165) is 25.8 Å². The van der Waals surface area contributed by atoms with Gasteiger partial charge in [0.1, 0.15) is 5.82 Å². The monoisotopic (exact) mass is 341 g/mol. The van der Waals surface area contributed by atoms with Crippen molar-refractivity contribution in [3.63, 3.8) is 0 Å². The molecule has 1 fully saturated rings. The number of amides is 2. The minimum atomic E-state index is -0.317. The quantitative estimate of drug-likeness (QED) is 0.779. The van der Waals surface area contributed by atoms with Crippen LogP contribution in [0.3, 0.4) is 0 Å². The Labute approximate surface area is 147 Å². The maximum atomic E-state index is 12.8. The summed E-state index contributed by atoms with van der Waals surface area (Å²) in [5.74, 6) is 0.328. The van der Waals surface area contributed by atoms with Gasteiger partial charge in [0.15, 0.2) is 0 Å². The van der Waals surface area contributed by atoms with E-state index in [4.69, 9.17) is 0 Å². The lowest BCUT2D eigenvalue weighted by atomic mass is 9.89. The predicted octanol–water partition coefficient (Wildman–Crippen LogP) is 3.56. The first-order valence-corrected chi connectivity index (χ1v) is 8.77. The van der Waals surface area contributed by atoms with Gasteiger partial charge in [-0.15, -0.1) is 0 Å². The van der Waals surface area contributed by atoms with Gasteiger partial charge < -0.3 is 16.0 Å². The van der Waals surface area contributed by atoms with Crippen LogP contribution in [-0.4, -0.2) is 25.2 Å². The van der Waals surface area contributed by atoms with Crippen LogP contribution in [0.5, 0.6) is 0 Å². The lowest BCUT2D eigenvalue weighted by Crippen LogP contribution is -2.47. The summed E-state index contributed by atoms with van der Waals surface area (Å²) in [6.45, 7) is 1.56. The highest BCUT2D eigenvalue weighted by atomic mass is 19.1. The van der Waals surface area contributed by atoms with E-state index < -0.39 is 0 Å². The normalized spacial score (nSPS) is 20.0. The Morgan fingerprint density at radius 2 is 1.84 bits per heavy atom. The average molecular weight is 341 g/mol. The van der Waals surface area contributed by atoms with Crippen molar-refractivity contribution in [3.05, 3.63) is 66.0 Å². The second kappa shape index (κ2) is 8.62. The van der Waals surface area contributed by atoms with Gasteiger partial charge in [0.05, 0.1) is 0 Å². The summed E-state index contributed by atoms with van der Waals surface area (Å²) in [5, 5.41) is 9.10. The molecule has 1 aliphatic rings. The number of hydrogen-bond acceptors (Lipinski definition) is 2. The van der Waals surface area contributed by atoms with Gasteiger partial charge in [0.25, 0.3) is 0 Å². The van der Waals surface area contributed by atoms with Crippen molar-refractivity contribution >= 4 is 11.7 Å². The fourth-order valence-electron chi connectivity index (χ4n) is 3.19. The van der Waals surface area contributed by atoms with Crippen LogP contribution in [0, 0.1) is 11.7 Å². The van der Waals surface area contributed by atoms with Gasteiger partial charge in [0.2, 0.25) is 0 Å². The predicted molar refractivity (Wildman–Crippen MR) is 98.1 cm³/mol. The van der Waals surface area contributed by atoms with E-state index >= 15 is 0 Å². The van der Waals surface area contributed by atoms with Crippen molar-refractivity contribution in [1.29, 1.82) is 0 Å². The third kappa shape index (κ3) is 5.57. The van der Waals surface area contributed by atoms with Crippen LogP contribution in [0.15, 0.2) is 54.6 Å². The minimum absolute atomic E-state index is 0.264. The van der Waals surface area contributed by atoms with Crippen LogP contribution >= 0.6 is 0 Å². The summed E-state index contributed by atoms with van der Waals surface area (Å²) in [5.41, 5.74) is 1.96. The number of carbonyl (C=O) groups excluding carboxylic acids is 1. The van der Waals surface area contributed by atoms with Crippen molar-refractivity contribution in [2.24, 2.45) is 5.92 Å². The standard InChI is InChI=1S/C20H24FN3O/c21-17-7-10-18(11-8-17)24-20(25)23-14-19-9-6-16(13-22-19)12-15-4-2-1-3-5-15/h1-5,7-8,10-11,16,19,22H,6,9,12-14H2,(H2,23,24,25)/t16-,19+/m1/s1. The Morgan fingerprint density at radius 1 is 1.08 bits per heavy atom. The molecule has 0 unspecified atom stereocenters. The summed E-state index contributed by atoms with van der Waals surface area (Å²) in [4.78, 5) is 11.9. The number of halogens is 1. The van der Waals surface area contributed by atoms with Gasteiger partial charge in [-0.05, 0) is 61.6 Å². The average Bonchev–Trinajstić information content (AvgIpc) is 2.64. The summed E-state index contributed by atoms with van der Waals surface area (Å²) in [6.07, 6.45) is 3.31. The summed E-state index contributed by atoms with van der Waals surface area (Å²) >= 11 is 0. The highest BCUT2D eigenvalue weighted by Crippen LogP contribution is 2.19. The molecule has 132 valence electrons. The Kier molecular flexibility index (Phi) is 6.01. The third-order valence-corrected chi connectivity index (χ3v) is 4.60. The molecule has 2 amide bonds. The molecule has 0 radical (unpaired) electrons. The Hall–Kier alpha value is -2.40. The van der Waals surface area contributed by atoms with Crippen LogP contribution in [0.4, 0.5) is 14.9 Å². The molecule has 3 rings (SSSR count). The molecule has 1 aliphatic heterocycles. The number of rotatable bonds is 5. The molecule has 0 aromatic heterocycles. The van der Waals surface area contributed by atoms with E-state index in [2.05, 4.69) is 40.2 Å². The van der Waals surface area contributed by atoms with Crippen LogP contribution in [-0.2, 0) is 6.42 Å². The number of urea groups is 1. The maximum absolute atomic E-state index is 12.8. The largest absolute Gasteiger partial charge is 0.336 e. The van der Waals surface area contributed by atoms with Gasteiger partial charge in [0, 0.05) is 18.3 Å². The van der Waals surface area contributed by atoms with Crippen molar-refractivity contribution in [2.45, 2.75) is 25.3 Å². The van der Waals surface area contributed by atoms with Gasteiger partial charge in [-0.3, -0.25) is 0 Å². The van der Waals surface area contributed by atoms with Crippen LogP contribution < -0.4 is 16.0 Å². The fraction of sp³-hybridized carbons (Fsp3) is 0.350. The smallest absolute Gasteiger partial charge is 0.319 e. The zero-order chi connectivity index (χ0) is 17.5. The van der Waals surface area contributed by atoms with E-state index in [9.17, 15) is 9.18 Å². The molecule has 0 aliphatic carbocycles. The molecule has 2 aromatic rings. The van der Waals surface area contributed by atoms with Gasteiger partial charge >= 0.3 is 6.03 Å². The summed E-state index contributed by atoms with van der Waals surface area (Å²) < 4.78 is 12.8. The SMILES string of the molecule is O=C(NC[C@@H]1CC[C@H](Cc2ccccc2)CN1)Nc1ccc(F)cc1. The molecule has 1 heterocycles. The third-order valence-electron chi connectivity index (χ3n) is 4.60. The molecule has 1 saturated heterocycles. The summed E-state index contributed by atoms with van der Waals surface area (Å²) in [7, 11) is 0. The van der Waals surface area contributed by atoms with Crippen molar-refractivity contribution in [2.75, 3.05) is 18.4 Å². The first-order chi connectivity index (χ1) is 12.2. The first kappa shape index (κ1) is 17.4. The zero-order valence-corrected chi connectivity index (χ0v) is 14.2. The summed E-state index contributed by atoms with van der Waals surface area (Å²) in [6, 6.07) is 16.3. The molecule has 25 heavy (non-hydrogen) atoms. The van der Waals surface area contributed by atoms with E-state index in [1.165, 1.54) is 17.7 Å². The van der Waals surface area contributed by atoms with E-state index in [1.807, 2.05) is 6.07 Å². The molecular weight excluding hydrogens is 317 g/mol. The Bertz CT molecular complexity index is 667. The molecular formula is C20H24FN3O. The number of nitrogens with one attached hydrogen (secondary N) is 3. The first-order valence-electron chi connectivity index (χ1n) is 8.77. The lowest BCUT2D eigenvalue weighted by molar-refractivity contribution is 0.247. The lowest BCUT2D eigenvalue weighted by Gasteiger charge is -2.30. The molecule has 0 spiro atoms. The van der Waals surface area contributed by atoms with Crippen LogP contribution in [0.1, 0.15) is 18.4 Å². The fourth-order valence-corrected chi connectivity index (χ4v) is 3.19. The second-order valence-corrected chi connectivity index (χ2v) is 6.58. The van der Waals surface area contributed by atoms with E-state index in [1.54, 1.807) is 12.1 Å². The Balaban J connectivity index is 1.36. The van der Waals surface area contributed by atoms with Gasteiger partial charge in [-0.2, -0.15) is 0 Å². The van der Waals surface area contributed by atoms with E-state index in [0.29, 0.717) is 24.2 Å². The molecule has 5 heteroatoms. The molecule has 4 nitrogen and oxygen atoms in total. The van der Waals surface area contributed by atoms with Crippen molar-refractivity contribution in [1.82, 2.24) is 10.6 Å². The molecule has 3 N–H and O–H groups in total. The number of anilines is 1. The highest BCUT2D eigenvalue weighted by molar-refractivity contribution is 5.89. The van der Waals surface area contributed by atoms with Crippen molar-refractivity contribution < 1.29 is 9.18 Å². The Morgan fingerprint density at radius 3 is 2.52 bits per heavy atom. The van der Waals surface area contributed by atoms with Gasteiger partial charge in [-0.1, -0.05) is 30.3 Å². The topological polar surface area (TPSA) is 53.2 Å². The number of carbonyl (C=O) groups is 1. The minimum Gasteiger partial charge on any atom is -0.336 e. The maximum Gasteiger partial charge on any atom is 0.319 e. The number of benzene rings is 2. The molecule has 2 atom stereocenters. The van der Waals surface area contributed by atoms with Crippen LogP contribution in [0.25, 0.3) is 0 Å². The highest BCUT2D eigenvalue weighted by Gasteiger charge is 2.21. The molecule has 0 bridgehead atoms. The second-order valence-electron chi connectivity index (χ2n) is 6.58. The number of piperidine rings is 1. The molecule has 2 aromatic carbocycles. The van der Waals surface area contributed by atoms with Crippen LogP contribution in [0.2, 0.25) is 0 Å².